The number of H-pyrrole nitrogens is 1. The molecule has 0 unspecified atom stereocenters. The van der Waals surface area contributed by atoms with Gasteiger partial charge in [0.2, 0.25) is 6.41 Å². The lowest BCUT2D eigenvalue weighted by Crippen LogP contribution is -2.17. The predicted molar refractivity (Wildman–Crippen MR) is 129 cm³/mol. The molecule has 0 aliphatic carbocycles. The zero-order chi connectivity index (χ0) is 22.7. The average Bonchev–Trinajstić information content (AvgIpc) is 3.23. The van der Waals surface area contributed by atoms with Crippen molar-refractivity contribution in [3.05, 3.63) is 94.4 Å². The van der Waals surface area contributed by atoms with Gasteiger partial charge in [-0.3, -0.25) is 4.79 Å². The summed E-state index contributed by atoms with van der Waals surface area (Å²) in [6, 6.07) is 25.1. The average molecular weight is 445 g/mol. The number of carbonyl (C=O) groups excluding carboxylic acids is 1. The molecular weight excluding hydrogens is 424 g/mol. The van der Waals surface area contributed by atoms with E-state index in [0.717, 1.165) is 34.3 Å². The van der Waals surface area contributed by atoms with Crippen LogP contribution < -0.4 is 5.69 Å². The number of imidazole rings is 1. The normalized spacial score (nSPS) is 10.6. The molecule has 5 aromatic rings. The van der Waals surface area contributed by atoms with E-state index in [4.69, 9.17) is 16.6 Å². The molecule has 0 aliphatic heterocycles. The highest BCUT2D eigenvalue weighted by molar-refractivity contribution is 6.31. The second-order valence-electron chi connectivity index (χ2n) is 7.39. The number of halogens is 1. The maximum absolute atomic E-state index is 13.0. The number of benzene rings is 3. The number of nitrogens with one attached hydrogen (secondary N) is 1. The molecule has 0 atom stereocenters. The zero-order valence-electron chi connectivity index (χ0n) is 17.6. The summed E-state index contributed by atoms with van der Waals surface area (Å²) < 4.78 is 1.64. The standard InChI is InChI=1S/C22H14ClN3O.C3H7NO/c23-16-11-12-18-17(13-16)21-25-19(14-7-3-1-4-8-14)20(26(21)22(27)24-18)15-9-5-2-6-10-15;1-4(2)3-5/h1-13H,(H,24,27);3H,1-2H3. The van der Waals surface area contributed by atoms with Crippen LogP contribution in [-0.2, 0) is 4.79 Å². The second-order valence-corrected chi connectivity index (χ2v) is 7.83. The Morgan fingerprint density at radius 3 is 2.12 bits per heavy atom. The molecule has 0 radical (unpaired) electrons. The lowest BCUT2D eigenvalue weighted by Gasteiger charge is -2.06. The fourth-order valence-electron chi connectivity index (χ4n) is 3.44. The fraction of sp³-hybridized carbons (Fsp3) is 0.0800. The van der Waals surface area contributed by atoms with Gasteiger partial charge in [-0.1, -0.05) is 72.3 Å². The Labute approximate surface area is 189 Å². The van der Waals surface area contributed by atoms with Crippen LogP contribution in [0.4, 0.5) is 0 Å². The Morgan fingerprint density at radius 2 is 1.53 bits per heavy atom. The number of nitrogens with zero attached hydrogens (tertiary/aromatic N) is 3. The Morgan fingerprint density at radius 1 is 0.938 bits per heavy atom. The molecule has 160 valence electrons. The van der Waals surface area contributed by atoms with Gasteiger partial charge in [0.05, 0.1) is 16.9 Å². The van der Waals surface area contributed by atoms with E-state index in [1.54, 1.807) is 30.6 Å². The third-order valence-corrected chi connectivity index (χ3v) is 5.08. The maximum Gasteiger partial charge on any atom is 0.332 e. The Bertz CT molecular complexity index is 1440. The first-order valence-electron chi connectivity index (χ1n) is 9.96. The van der Waals surface area contributed by atoms with Crippen LogP contribution in [0.3, 0.4) is 0 Å². The minimum atomic E-state index is -0.228. The predicted octanol–water partition coefficient (Wildman–Crippen LogP) is 4.87. The summed E-state index contributed by atoms with van der Waals surface area (Å²) in [4.78, 5) is 31.6. The summed E-state index contributed by atoms with van der Waals surface area (Å²) in [6.45, 7) is 0. The number of hydrogen-bond acceptors (Lipinski definition) is 3. The van der Waals surface area contributed by atoms with Crippen molar-refractivity contribution >= 4 is 34.6 Å². The minimum absolute atomic E-state index is 0.228. The molecule has 32 heavy (non-hydrogen) atoms. The molecular formula is C25H21ClN4O2. The minimum Gasteiger partial charge on any atom is -0.351 e. The van der Waals surface area contributed by atoms with Crippen LogP contribution in [0.25, 0.3) is 39.1 Å². The first-order chi connectivity index (χ1) is 15.5. The van der Waals surface area contributed by atoms with Gasteiger partial charge in [0.25, 0.3) is 0 Å². The van der Waals surface area contributed by atoms with E-state index >= 15 is 0 Å². The molecule has 0 saturated carbocycles. The maximum atomic E-state index is 13.0. The Kier molecular flexibility index (Phi) is 6.05. The Balaban J connectivity index is 0.000000444. The number of aromatic nitrogens is 3. The second kappa shape index (κ2) is 9.08. The van der Waals surface area contributed by atoms with Gasteiger partial charge in [-0.25, -0.2) is 14.2 Å². The van der Waals surface area contributed by atoms with Crippen molar-refractivity contribution in [2.75, 3.05) is 14.1 Å². The lowest BCUT2D eigenvalue weighted by atomic mass is 10.1. The van der Waals surface area contributed by atoms with Crippen LogP contribution in [0.2, 0.25) is 5.02 Å². The fourth-order valence-corrected chi connectivity index (χ4v) is 3.61. The van der Waals surface area contributed by atoms with Crippen LogP contribution in [0.15, 0.2) is 83.7 Å². The summed E-state index contributed by atoms with van der Waals surface area (Å²) in [5.74, 6) is 0. The SMILES string of the molecule is CN(C)C=O.O=c1[nH]c2ccc(Cl)cc2c2nc(-c3ccccc3)c(-c3ccccc3)n12. The van der Waals surface area contributed by atoms with Gasteiger partial charge in [0.1, 0.15) is 0 Å². The third kappa shape index (κ3) is 4.13. The molecule has 0 saturated heterocycles. The number of rotatable bonds is 3. The van der Waals surface area contributed by atoms with Gasteiger partial charge in [0, 0.05) is 35.6 Å². The third-order valence-electron chi connectivity index (χ3n) is 4.85. The molecule has 5 rings (SSSR count). The molecule has 0 spiro atoms. The van der Waals surface area contributed by atoms with Crippen molar-refractivity contribution in [1.29, 1.82) is 0 Å². The molecule has 0 bridgehead atoms. The van der Waals surface area contributed by atoms with Gasteiger partial charge in [-0.2, -0.15) is 0 Å². The molecule has 7 heteroatoms. The van der Waals surface area contributed by atoms with Gasteiger partial charge in [-0.15, -0.1) is 0 Å². The molecule has 3 aromatic carbocycles. The summed E-state index contributed by atoms with van der Waals surface area (Å²) >= 11 is 6.21. The molecule has 2 heterocycles. The van der Waals surface area contributed by atoms with Crippen LogP contribution in [0.5, 0.6) is 0 Å². The van der Waals surface area contributed by atoms with E-state index in [9.17, 15) is 9.59 Å². The van der Waals surface area contributed by atoms with Crippen LogP contribution in [0.1, 0.15) is 0 Å². The molecule has 1 amide bonds. The number of hydrogen-bond donors (Lipinski definition) is 1. The van der Waals surface area contributed by atoms with E-state index in [2.05, 4.69) is 4.98 Å². The molecule has 2 aromatic heterocycles. The Hall–Kier alpha value is -3.90. The first-order valence-corrected chi connectivity index (χ1v) is 10.3. The number of aromatic amines is 1. The highest BCUT2D eigenvalue weighted by atomic mass is 35.5. The number of fused-ring (bicyclic) bond motifs is 3. The van der Waals surface area contributed by atoms with E-state index in [-0.39, 0.29) is 5.69 Å². The largest absolute Gasteiger partial charge is 0.351 e. The highest BCUT2D eigenvalue weighted by Gasteiger charge is 2.19. The van der Waals surface area contributed by atoms with Crippen molar-refractivity contribution in [3.63, 3.8) is 0 Å². The molecule has 0 fully saturated rings. The first kappa shape index (κ1) is 21.3. The van der Waals surface area contributed by atoms with Crippen molar-refractivity contribution in [1.82, 2.24) is 19.3 Å². The van der Waals surface area contributed by atoms with Gasteiger partial charge in [0.15, 0.2) is 5.65 Å². The molecule has 1 N–H and O–H groups in total. The van der Waals surface area contributed by atoms with Crippen LogP contribution in [-0.4, -0.2) is 39.8 Å². The summed E-state index contributed by atoms with van der Waals surface area (Å²) in [7, 11) is 3.38. The van der Waals surface area contributed by atoms with Gasteiger partial charge >= 0.3 is 5.69 Å². The van der Waals surface area contributed by atoms with Gasteiger partial charge < -0.3 is 9.88 Å². The van der Waals surface area contributed by atoms with E-state index in [1.165, 1.54) is 4.90 Å². The highest BCUT2D eigenvalue weighted by Crippen LogP contribution is 2.33. The van der Waals surface area contributed by atoms with Crippen molar-refractivity contribution in [3.8, 4) is 22.5 Å². The van der Waals surface area contributed by atoms with E-state index < -0.39 is 0 Å². The monoisotopic (exact) mass is 444 g/mol. The molecule has 0 aliphatic rings. The number of carbonyl (C=O) groups is 1. The van der Waals surface area contributed by atoms with E-state index in [1.807, 2.05) is 66.7 Å². The smallest absolute Gasteiger partial charge is 0.332 e. The van der Waals surface area contributed by atoms with Crippen molar-refractivity contribution in [2.24, 2.45) is 0 Å². The lowest BCUT2D eigenvalue weighted by molar-refractivity contribution is -0.115. The van der Waals surface area contributed by atoms with E-state index in [0.29, 0.717) is 16.2 Å². The van der Waals surface area contributed by atoms with Crippen LogP contribution in [0, 0.1) is 0 Å². The number of amides is 1. The zero-order valence-corrected chi connectivity index (χ0v) is 18.4. The van der Waals surface area contributed by atoms with Crippen molar-refractivity contribution < 1.29 is 4.79 Å². The quantitative estimate of drug-likeness (QED) is 0.404. The van der Waals surface area contributed by atoms with Crippen LogP contribution >= 0.6 is 11.6 Å². The summed E-state index contributed by atoms with van der Waals surface area (Å²) in [5, 5.41) is 1.41. The summed E-state index contributed by atoms with van der Waals surface area (Å²) in [5.41, 5.74) is 4.48. The molecule has 6 nitrogen and oxygen atoms in total. The topological polar surface area (TPSA) is 70.5 Å². The summed E-state index contributed by atoms with van der Waals surface area (Å²) in [6.07, 6.45) is 0.750. The van der Waals surface area contributed by atoms with Gasteiger partial charge in [-0.05, 0) is 18.2 Å². The van der Waals surface area contributed by atoms with Crippen molar-refractivity contribution in [2.45, 2.75) is 0 Å².